The lowest BCUT2D eigenvalue weighted by Crippen LogP contribution is -2.46. The van der Waals surface area contributed by atoms with E-state index in [4.69, 9.17) is 4.84 Å². The van der Waals surface area contributed by atoms with Gasteiger partial charge in [0.2, 0.25) is 0 Å². The zero-order valence-corrected chi connectivity index (χ0v) is 31.7. The second-order valence-electron chi connectivity index (χ2n) is 14.5. The number of oxime groups is 1. The van der Waals surface area contributed by atoms with Gasteiger partial charge in [-0.15, -0.1) is 0 Å². The molecule has 1 heterocycles. The molecular formula is C42H71NO5. The van der Waals surface area contributed by atoms with Crippen LogP contribution in [0.15, 0.2) is 41.6 Å². The van der Waals surface area contributed by atoms with Crippen LogP contribution in [0.4, 0.5) is 0 Å². The summed E-state index contributed by atoms with van der Waals surface area (Å²) in [5.74, 6) is -2.71. The lowest BCUT2D eigenvalue weighted by atomic mass is 9.74. The third-order valence-electron chi connectivity index (χ3n) is 10.2. The van der Waals surface area contributed by atoms with Crippen molar-refractivity contribution < 1.29 is 24.6 Å². The first kappa shape index (κ1) is 43.4. The number of unbranched alkanes of at least 4 members (excludes halogenated alkanes) is 14. The molecule has 2 rings (SSSR count). The van der Waals surface area contributed by atoms with Crippen LogP contribution in [0.1, 0.15) is 188 Å². The van der Waals surface area contributed by atoms with Crippen LogP contribution in [0, 0.1) is 11.3 Å². The zero-order chi connectivity index (χ0) is 35.7. The highest BCUT2D eigenvalue weighted by Gasteiger charge is 2.55. The number of hydrogen-bond donors (Lipinski definition) is 2. The maximum Gasteiger partial charge on any atom is 0.363 e. The Bertz CT molecular complexity index is 1020. The predicted molar refractivity (Wildman–Crippen MR) is 202 cm³/mol. The predicted octanol–water partition coefficient (Wildman–Crippen LogP) is 12.7. The normalized spacial score (nSPS) is 14.3. The second kappa shape index (κ2) is 25.4. The van der Waals surface area contributed by atoms with Crippen LogP contribution in [-0.2, 0) is 14.4 Å². The van der Waals surface area contributed by atoms with Crippen molar-refractivity contribution in [3.63, 3.8) is 0 Å². The maximum absolute atomic E-state index is 11.3. The molecule has 2 N–H and O–H groups in total. The summed E-state index contributed by atoms with van der Waals surface area (Å²) < 4.78 is 0. The van der Waals surface area contributed by atoms with Crippen LogP contribution in [0.5, 0.6) is 0 Å². The number of hydrogen-bond acceptors (Lipinski definition) is 4. The Kier molecular flexibility index (Phi) is 22.9. The summed E-state index contributed by atoms with van der Waals surface area (Å²) in [5, 5.41) is 22.2. The number of carboxylic acid groups (broad SMARTS) is 2. The Morgan fingerprint density at radius 3 is 1.56 bits per heavy atom. The molecule has 0 unspecified atom stereocenters. The van der Waals surface area contributed by atoms with Gasteiger partial charge in [0.15, 0.2) is 0 Å². The molecule has 1 aliphatic heterocycles. The maximum atomic E-state index is 11.3. The number of nitrogens with zero attached hydrogens (tertiary/aromatic N) is 1. The minimum absolute atomic E-state index is 0.309. The highest BCUT2D eigenvalue weighted by Crippen LogP contribution is 2.38. The van der Waals surface area contributed by atoms with E-state index in [0.29, 0.717) is 22.6 Å². The average Bonchev–Trinajstić information content (AvgIpc) is 3.54. The van der Waals surface area contributed by atoms with E-state index < -0.39 is 17.5 Å². The van der Waals surface area contributed by atoms with Gasteiger partial charge in [-0.3, -0.25) is 0 Å². The van der Waals surface area contributed by atoms with Gasteiger partial charge >= 0.3 is 17.5 Å². The van der Waals surface area contributed by atoms with E-state index >= 15 is 0 Å². The number of aliphatic carboxylic acids is 2. The molecule has 0 radical (unpaired) electrons. The first-order valence-electron chi connectivity index (χ1n) is 19.6. The highest BCUT2D eigenvalue weighted by atomic mass is 16.7. The van der Waals surface area contributed by atoms with Crippen LogP contribution in [0.25, 0.3) is 5.57 Å². The van der Waals surface area contributed by atoms with Crippen molar-refractivity contribution in [2.75, 3.05) is 0 Å². The molecule has 0 aromatic heterocycles. The fourth-order valence-electron chi connectivity index (χ4n) is 6.62. The van der Waals surface area contributed by atoms with E-state index in [1.165, 1.54) is 128 Å². The van der Waals surface area contributed by atoms with E-state index in [1.807, 2.05) is 36.4 Å². The van der Waals surface area contributed by atoms with Crippen molar-refractivity contribution in [3.8, 4) is 0 Å². The van der Waals surface area contributed by atoms with Gasteiger partial charge in [-0.2, -0.15) is 0 Å². The molecule has 274 valence electrons. The summed E-state index contributed by atoms with van der Waals surface area (Å²) >= 11 is 0. The van der Waals surface area contributed by atoms with Crippen molar-refractivity contribution >= 4 is 23.2 Å². The van der Waals surface area contributed by atoms with Gasteiger partial charge in [-0.25, -0.2) is 9.59 Å². The second-order valence-corrected chi connectivity index (χ2v) is 14.5. The van der Waals surface area contributed by atoms with Crippen molar-refractivity contribution in [1.82, 2.24) is 0 Å². The standard InChI is InChI=1S/C25H52.C17H19NO5/c1-5-9-11-13-15-17-19-21-23-25(7-3,8-4)24-22-20-18-16-14-12-10-6-2;1-11(2)8-9-13(12-6-4-3-5-7-12)14-10-17(15(19)20,16(21)22)23-18-14/h5-24H2,1-4H3;3-7,9,11H,8,10H2,1-2H3,(H,19,20)(H,21,22)/b;13-9+. The van der Waals surface area contributed by atoms with Gasteiger partial charge in [0.05, 0.1) is 12.1 Å². The lowest BCUT2D eigenvalue weighted by Gasteiger charge is -2.32. The Balaban J connectivity index is 0.000000481. The summed E-state index contributed by atoms with van der Waals surface area (Å²) in [4.78, 5) is 27.5. The van der Waals surface area contributed by atoms with Crippen LogP contribution in [0.2, 0.25) is 0 Å². The molecule has 0 aliphatic carbocycles. The number of rotatable bonds is 26. The fourth-order valence-corrected chi connectivity index (χ4v) is 6.62. The molecule has 6 nitrogen and oxygen atoms in total. The molecule has 1 aromatic rings. The molecule has 6 heteroatoms. The van der Waals surface area contributed by atoms with Crippen LogP contribution in [0.3, 0.4) is 0 Å². The van der Waals surface area contributed by atoms with Crippen molar-refractivity contribution in [2.24, 2.45) is 16.5 Å². The largest absolute Gasteiger partial charge is 0.478 e. The molecule has 1 aromatic carbocycles. The minimum atomic E-state index is -2.35. The SMILES string of the molecule is CC(C)C/C=C(/C1=NOC(C(=O)O)(C(=O)O)C1)c1ccccc1.CCCCCCCCCCC(CC)(CC)CCCCCCCCCC. The minimum Gasteiger partial charge on any atom is -0.478 e. The summed E-state index contributed by atoms with van der Waals surface area (Å²) in [5.41, 5.74) is 0.221. The summed E-state index contributed by atoms with van der Waals surface area (Å²) in [6.07, 6.45) is 31.5. The van der Waals surface area contributed by atoms with Gasteiger partial charge in [0, 0.05) is 5.57 Å². The molecule has 0 saturated carbocycles. The van der Waals surface area contributed by atoms with Crippen molar-refractivity contribution in [2.45, 2.75) is 188 Å². The molecular weight excluding hydrogens is 598 g/mol. The third kappa shape index (κ3) is 16.2. The molecule has 0 amide bonds. The van der Waals surface area contributed by atoms with Crippen molar-refractivity contribution in [1.29, 1.82) is 0 Å². The van der Waals surface area contributed by atoms with Crippen LogP contribution in [-0.4, -0.2) is 33.5 Å². The summed E-state index contributed by atoms with van der Waals surface area (Å²) in [6, 6.07) is 9.33. The van der Waals surface area contributed by atoms with Gasteiger partial charge in [-0.05, 0) is 36.2 Å². The molecule has 1 aliphatic rings. The van der Waals surface area contributed by atoms with Gasteiger partial charge in [-0.1, -0.05) is 199 Å². The number of carboxylic acids is 2. The highest BCUT2D eigenvalue weighted by molar-refractivity contribution is 6.27. The number of carbonyl (C=O) groups is 2. The van der Waals surface area contributed by atoms with E-state index in [-0.39, 0.29) is 6.42 Å². The van der Waals surface area contributed by atoms with Gasteiger partial charge in [0.25, 0.3) is 0 Å². The number of allylic oxidation sites excluding steroid dienone is 2. The smallest absolute Gasteiger partial charge is 0.363 e. The van der Waals surface area contributed by atoms with E-state index in [9.17, 15) is 19.8 Å². The average molecular weight is 670 g/mol. The molecule has 0 atom stereocenters. The Hall–Kier alpha value is -2.63. The van der Waals surface area contributed by atoms with Crippen molar-refractivity contribution in [3.05, 3.63) is 42.0 Å². The van der Waals surface area contributed by atoms with E-state index in [0.717, 1.165) is 12.0 Å². The lowest BCUT2D eigenvalue weighted by molar-refractivity contribution is -0.179. The summed E-state index contributed by atoms with van der Waals surface area (Å²) in [6.45, 7) is 13.6. The zero-order valence-electron chi connectivity index (χ0n) is 31.7. The Morgan fingerprint density at radius 1 is 0.750 bits per heavy atom. The monoisotopic (exact) mass is 670 g/mol. The summed E-state index contributed by atoms with van der Waals surface area (Å²) in [7, 11) is 0. The topological polar surface area (TPSA) is 96.2 Å². The molecule has 0 saturated heterocycles. The van der Waals surface area contributed by atoms with E-state index in [2.05, 4.69) is 46.7 Å². The first-order chi connectivity index (χ1) is 23.1. The molecule has 48 heavy (non-hydrogen) atoms. The Labute approximate surface area is 294 Å². The van der Waals surface area contributed by atoms with E-state index in [1.54, 1.807) is 0 Å². The molecule has 0 bridgehead atoms. The molecule has 0 spiro atoms. The Morgan fingerprint density at radius 2 is 1.19 bits per heavy atom. The quantitative estimate of drug-likeness (QED) is 0.0756. The van der Waals surface area contributed by atoms with Crippen LogP contribution < -0.4 is 0 Å². The van der Waals surface area contributed by atoms with Gasteiger partial charge in [0.1, 0.15) is 0 Å². The molecule has 0 fully saturated rings. The van der Waals surface area contributed by atoms with Gasteiger partial charge < -0.3 is 15.1 Å². The first-order valence-corrected chi connectivity index (χ1v) is 19.6. The third-order valence-corrected chi connectivity index (χ3v) is 10.2. The number of benzene rings is 1. The fraction of sp³-hybridized carbons (Fsp3) is 0.738. The van der Waals surface area contributed by atoms with Crippen LogP contribution >= 0.6 is 0 Å².